The summed E-state index contributed by atoms with van der Waals surface area (Å²) in [5.41, 5.74) is 0. The molecular formula is C11H20N2O. The van der Waals surface area contributed by atoms with Crippen molar-refractivity contribution in [2.24, 2.45) is 11.8 Å². The molecular weight excluding hydrogens is 176 g/mol. The summed E-state index contributed by atoms with van der Waals surface area (Å²) >= 11 is 0. The molecule has 3 atom stereocenters. The smallest absolute Gasteiger partial charge is 0.240 e. The Kier molecular flexibility index (Phi) is 2.52. The molecule has 80 valence electrons. The number of carbonyl (C=O) groups is 1. The van der Waals surface area contributed by atoms with E-state index in [-0.39, 0.29) is 18.1 Å². The largest absolute Gasteiger partial charge is 0.326 e. The molecule has 2 fully saturated rings. The van der Waals surface area contributed by atoms with Crippen LogP contribution in [0, 0.1) is 11.8 Å². The van der Waals surface area contributed by atoms with Crippen LogP contribution in [0.5, 0.6) is 0 Å². The van der Waals surface area contributed by atoms with Crippen molar-refractivity contribution < 1.29 is 4.79 Å². The van der Waals surface area contributed by atoms with Gasteiger partial charge in [-0.25, -0.2) is 0 Å². The van der Waals surface area contributed by atoms with Crippen molar-refractivity contribution in [2.45, 2.75) is 45.8 Å². The molecule has 0 aromatic rings. The molecule has 0 aromatic heterocycles. The molecule has 2 rings (SSSR count). The van der Waals surface area contributed by atoms with Gasteiger partial charge in [0.1, 0.15) is 0 Å². The number of hydrogen-bond acceptors (Lipinski definition) is 2. The minimum Gasteiger partial charge on any atom is -0.326 e. The van der Waals surface area contributed by atoms with Gasteiger partial charge in [0.05, 0.1) is 12.2 Å². The zero-order valence-corrected chi connectivity index (χ0v) is 9.29. The van der Waals surface area contributed by atoms with Gasteiger partial charge in [0, 0.05) is 6.54 Å². The fraction of sp³-hybridized carbons (Fsp3) is 0.909. The van der Waals surface area contributed by atoms with Crippen molar-refractivity contribution in [1.29, 1.82) is 0 Å². The van der Waals surface area contributed by atoms with Crippen LogP contribution in [-0.2, 0) is 4.79 Å². The van der Waals surface area contributed by atoms with Gasteiger partial charge in [0.25, 0.3) is 0 Å². The Hall–Kier alpha value is -0.570. The highest BCUT2D eigenvalue weighted by Gasteiger charge is 2.37. The first-order chi connectivity index (χ1) is 6.59. The zero-order chi connectivity index (χ0) is 10.3. The van der Waals surface area contributed by atoms with E-state index in [1.807, 2.05) is 11.8 Å². The van der Waals surface area contributed by atoms with Gasteiger partial charge in [-0.05, 0) is 38.5 Å². The lowest BCUT2D eigenvalue weighted by Crippen LogP contribution is -2.38. The monoisotopic (exact) mass is 196 g/mol. The first-order valence-electron chi connectivity index (χ1n) is 5.66. The predicted molar refractivity (Wildman–Crippen MR) is 55.7 cm³/mol. The standard InChI is InChI=1S/C11H20N2O/c1-7(10-4-5-10)6-13-9(3)12-8(2)11(13)14/h7-10,12H,4-6H2,1-3H3. The molecule has 1 amide bonds. The lowest BCUT2D eigenvalue weighted by Gasteiger charge is -2.24. The second-order valence-corrected chi connectivity index (χ2v) is 4.87. The second-order valence-electron chi connectivity index (χ2n) is 4.87. The molecule has 1 aliphatic carbocycles. The Bertz CT molecular complexity index is 237. The van der Waals surface area contributed by atoms with Gasteiger partial charge in [0.15, 0.2) is 0 Å². The number of nitrogens with zero attached hydrogens (tertiary/aromatic N) is 1. The van der Waals surface area contributed by atoms with Gasteiger partial charge in [0.2, 0.25) is 5.91 Å². The van der Waals surface area contributed by atoms with Gasteiger partial charge in [-0.2, -0.15) is 0 Å². The maximum atomic E-state index is 11.8. The third kappa shape index (κ3) is 1.78. The summed E-state index contributed by atoms with van der Waals surface area (Å²) in [5, 5.41) is 3.26. The Labute approximate surface area is 85.8 Å². The van der Waals surface area contributed by atoms with Crippen molar-refractivity contribution in [3.63, 3.8) is 0 Å². The predicted octanol–water partition coefficient (Wildman–Crippen LogP) is 1.20. The fourth-order valence-corrected chi connectivity index (χ4v) is 2.34. The van der Waals surface area contributed by atoms with Crippen LogP contribution in [0.3, 0.4) is 0 Å². The Morgan fingerprint density at radius 3 is 2.57 bits per heavy atom. The van der Waals surface area contributed by atoms with E-state index in [0.29, 0.717) is 5.92 Å². The average molecular weight is 196 g/mol. The zero-order valence-electron chi connectivity index (χ0n) is 9.29. The molecule has 0 aromatic carbocycles. The number of amides is 1. The fourth-order valence-electron chi connectivity index (χ4n) is 2.34. The molecule has 0 bridgehead atoms. The van der Waals surface area contributed by atoms with E-state index in [4.69, 9.17) is 0 Å². The number of carbonyl (C=O) groups excluding carboxylic acids is 1. The van der Waals surface area contributed by atoms with Crippen molar-refractivity contribution >= 4 is 5.91 Å². The Morgan fingerprint density at radius 1 is 1.50 bits per heavy atom. The lowest BCUT2D eigenvalue weighted by molar-refractivity contribution is -0.130. The van der Waals surface area contributed by atoms with Crippen LogP contribution in [0.1, 0.15) is 33.6 Å². The maximum absolute atomic E-state index is 11.8. The summed E-state index contributed by atoms with van der Waals surface area (Å²) in [5.74, 6) is 1.82. The van der Waals surface area contributed by atoms with Crippen molar-refractivity contribution in [3.8, 4) is 0 Å². The highest BCUT2D eigenvalue weighted by Crippen LogP contribution is 2.37. The third-order valence-electron chi connectivity index (χ3n) is 3.52. The van der Waals surface area contributed by atoms with Crippen LogP contribution in [-0.4, -0.2) is 29.6 Å². The van der Waals surface area contributed by atoms with E-state index in [1.165, 1.54) is 12.8 Å². The van der Waals surface area contributed by atoms with Gasteiger partial charge in [-0.3, -0.25) is 10.1 Å². The van der Waals surface area contributed by atoms with E-state index in [2.05, 4.69) is 19.2 Å². The Balaban J connectivity index is 1.92. The van der Waals surface area contributed by atoms with Crippen LogP contribution in [0.2, 0.25) is 0 Å². The maximum Gasteiger partial charge on any atom is 0.240 e. The molecule has 2 aliphatic rings. The minimum atomic E-state index is 0.0106. The van der Waals surface area contributed by atoms with Gasteiger partial charge in [-0.1, -0.05) is 6.92 Å². The first kappa shape index (κ1) is 9.97. The number of rotatable bonds is 3. The van der Waals surface area contributed by atoms with Crippen LogP contribution < -0.4 is 5.32 Å². The molecule has 3 unspecified atom stereocenters. The number of hydrogen-bond donors (Lipinski definition) is 1. The number of nitrogens with one attached hydrogen (secondary N) is 1. The highest BCUT2D eigenvalue weighted by molar-refractivity contribution is 5.83. The topological polar surface area (TPSA) is 32.3 Å². The van der Waals surface area contributed by atoms with Gasteiger partial charge >= 0.3 is 0 Å². The molecule has 1 heterocycles. The summed E-state index contributed by atoms with van der Waals surface area (Å²) < 4.78 is 0. The molecule has 14 heavy (non-hydrogen) atoms. The molecule has 0 spiro atoms. The summed E-state index contributed by atoms with van der Waals surface area (Å²) in [6.45, 7) is 7.21. The van der Waals surface area contributed by atoms with E-state index in [0.717, 1.165) is 12.5 Å². The SMILES string of the molecule is CC1NC(C)N(CC(C)C2CC2)C1=O. The normalized spacial score (nSPS) is 35.1. The summed E-state index contributed by atoms with van der Waals surface area (Å²) in [7, 11) is 0. The molecule has 1 aliphatic heterocycles. The van der Waals surface area contributed by atoms with Crippen molar-refractivity contribution in [1.82, 2.24) is 10.2 Å². The molecule has 1 saturated heterocycles. The van der Waals surface area contributed by atoms with Gasteiger partial charge < -0.3 is 4.90 Å². The average Bonchev–Trinajstić information content (AvgIpc) is 2.91. The van der Waals surface area contributed by atoms with Crippen molar-refractivity contribution in [2.75, 3.05) is 6.54 Å². The third-order valence-corrected chi connectivity index (χ3v) is 3.52. The summed E-state index contributed by atoms with van der Waals surface area (Å²) in [6, 6.07) is 0.0106. The second kappa shape index (κ2) is 3.54. The van der Waals surface area contributed by atoms with Crippen LogP contribution >= 0.6 is 0 Å². The molecule has 1 saturated carbocycles. The van der Waals surface area contributed by atoms with E-state index in [9.17, 15) is 4.79 Å². The van der Waals surface area contributed by atoms with Crippen LogP contribution in [0.25, 0.3) is 0 Å². The summed E-state index contributed by atoms with van der Waals surface area (Å²) in [6.07, 6.45) is 2.94. The quantitative estimate of drug-likeness (QED) is 0.735. The van der Waals surface area contributed by atoms with Gasteiger partial charge in [-0.15, -0.1) is 0 Å². The molecule has 3 heteroatoms. The van der Waals surface area contributed by atoms with Crippen LogP contribution in [0.15, 0.2) is 0 Å². The van der Waals surface area contributed by atoms with E-state index < -0.39 is 0 Å². The van der Waals surface area contributed by atoms with Crippen molar-refractivity contribution in [3.05, 3.63) is 0 Å². The summed E-state index contributed by atoms with van der Waals surface area (Å²) in [4.78, 5) is 13.8. The van der Waals surface area contributed by atoms with E-state index in [1.54, 1.807) is 0 Å². The molecule has 3 nitrogen and oxygen atoms in total. The van der Waals surface area contributed by atoms with Crippen LogP contribution in [0.4, 0.5) is 0 Å². The molecule has 0 radical (unpaired) electrons. The first-order valence-corrected chi connectivity index (χ1v) is 5.66. The molecule has 1 N–H and O–H groups in total. The minimum absolute atomic E-state index is 0.0106. The lowest BCUT2D eigenvalue weighted by atomic mass is 10.1. The Morgan fingerprint density at radius 2 is 2.14 bits per heavy atom. The highest BCUT2D eigenvalue weighted by atomic mass is 16.2. The van der Waals surface area contributed by atoms with E-state index >= 15 is 0 Å².